The van der Waals surface area contributed by atoms with Crippen molar-refractivity contribution < 1.29 is 14.3 Å². The molecule has 0 atom stereocenters. The Bertz CT molecular complexity index is 779. The first kappa shape index (κ1) is 22.1. The van der Waals surface area contributed by atoms with Crippen LogP contribution in [0, 0.1) is 13.8 Å². The van der Waals surface area contributed by atoms with Gasteiger partial charge in [0.1, 0.15) is 5.75 Å². The molecule has 0 unspecified atom stereocenters. The van der Waals surface area contributed by atoms with Crippen molar-refractivity contribution in [3.63, 3.8) is 0 Å². The van der Waals surface area contributed by atoms with Gasteiger partial charge in [0.15, 0.2) is 6.61 Å². The monoisotopic (exact) mass is 428 g/mol. The third-order valence-corrected chi connectivity index (χ3v) is 7.25. The summed E-state index contributed by atoms with van der Waals surface area (Å²) in [6.45, 7) is 11.1. The molecule has 0 bridgehead atoms. The summed E-state index contributed by atoms with van der Waals surface area (Å²) in [4.78, 5) is 33.9. The van der Waals surface area contributed by atoms with Crippen LogP contribution in [0.15, 0.2) is 18.2 Å². The molecule has 2 heterocycles. The minimum Gasteiger partial charge on any atom is -0.483 e. The lowest BCUT2D eigenvalue weighted by Crippen LogP contribution is -2.56. The quantitative estimate of drug-likeness (QED) is 0.688. The lowest BCUT2D eigenvalue weighted by Gasteiger charge is -2.43. The molecule has 3 fully saturated rings. The van der Waals surface area contributed by atoms with Gasteiger partial charge in [-0.15, -0.1) is 0 Å². The first-order chi connectivity index (χ1) is 15.0. The Kier molecular flexibility index (Phi) is 7.13. The van der Waals surface area contributed by atoms with E-state index in [0.717, 1.165) is 62.2 Å². The van der Waals surface area contributed by atoms with Gasteiger partial charge in [-0.2, -0.15) is 0 Å². The van der Waals surface area contributed by atoms with E-state index in [2.05, 4.69) is 9.80 Å². The van der Waals surface area contributed by atoms with Crippen molar-refractivity contribution in [3.05, 3.63) is 29.3 Å². The lowest BCUT2D eigenvalue weighted by molar-refractivity contribution is -0.137. The van der Waals surface area contributed by atoms with Crippen LogP contribution < -0.4 is 4.74 Å². The number of ether oxygens (including phenoxy) is 1. The van der Waals surface area contributed by atoms with Gasteiger partial charge in [-0.25, -0.2) is 0 Å². The lowest BCUT2D eigenvalue weighted by atomic mass is 9.91. The molecular formula is C24H36N4O3. The van der Waals surface area contributed by atoms with Crippen LogP contribution >= 0.6 is 0 Å². The van der Waals surface area contributed by atoms with Gasteiger partial charge >= 0.3 is 0 Å². The van der Waals surface area contributed by atoms with Gasteiger partial charge in [-0.05, 0) is 43.9 Å². The van der Waals surface area contributed by atoms with Crippen LogP contribution in [0.3, 0.4) is 0 Å². The predicted molar refractivity (Wildman–Crippen MR) is 120 cm³/mol. The summed E-state index contributed by atoms with van der Waals surface area (Å²) in [5.74, 6) is 1.01. The smallest absolute Gasteiger partial charge is 0.260 e. The SMILES string of the molecule is Cc1cccc(OCC(=O)N2CCN(CC(=O)N3CCN(C4CCC4)CC3)CC2)c1C. The maximum atomic E-state index is 12.7. The largest absolute Gasteiger partial charge is 0.483 e. The average Bonchev–Trinajstić information content (AvgIpc) is 2.74. The molecule has 7 heteroatoms. The van der Waals surface area contributed by atoms with E-state index in [1.165, 1.54) is 19.3 Å². The molecule has 31 heavy (non-hydrogen) atoms. The molecule has 1 aromatic carbocycles. The summed E-state index contributed by atoms with van der Waals surface area (Å²) in [5, 5.41) is 0. The van der Waals surface area contributed by atoms with Gasteiger partial charge < -0.3 is 14.5 Å². The molecule has 0 radical (unpaired) electrons. The number of rotatable bonds is 6. The predicted octanol–water partition coefficient (Wildman–Crippen LogP) is 1.52. The van der Waals surface area contributed by atoms with E-state index >= 15 is 0 Å². The molecule has 2 saturated heterocycles. The Morgan fingerprint density at radius 3 is 2.19 bits per heavy atom. The van der Waals surface area contributed by atoms with Crippen LogP contribution in [0.1, 0.15) is 30.4 Å². The van der Waals surface area contributed by atoms with Gasteiger partial charge in [0, 0.05) is 58.4 Å². The molecule has 1 aromatic rings. The van der Waals surface area contributed by atoms with E-state index in [0.29, 0.717) is 19.6 Å². The normalized spacial score (nSPS) is 21.1. The maximum absolute atomic E-state index is 12.7. The number of carbonyl (C=O) groups is 2. The van der Waals surface area contributed by atoms with Crippen molar-refractivity contribution in [3.8, 4) is 5.75 Å². The second-order valence-electron chi connectivity index (χ2n) is 9.15. The maximum Gasteiger partial charge on any atom is 0.260 e. The summed E-state index contributed by atoms with van der Waals surface area (Å²) in [6, 6.07) is 6.66. The minimum atomic E-state index is 0.0130. The third kappa shape index (κ3) is 5.39. The van der Waals surface area contributed by atoms with E-state index in [1.54, 1.807) is 0 Å². The number of piperazine rings is 2. The summed E-state index contributed by atoms with van der Waals surface area (Å²) < 4.78 is 5.77. The minimum absolute atomic E-state index is 0.0130. The van der Waals surface area contributed by atoms with Crippen LogP contribution in [0.2, 0.25) is 0 Å². The zero-order chi connectivity index (χ0) is 21.8. The fourth-order valence-electron chi connectivity index (χ4n) is 4.65. The van der Waals surface area contributed by atoms with E-state index in [4.69, 9.17) is 4.74 Å². The fraction of sp³-hybridized carbons (Fsp3) is 0.667. The number of nitrogens with zero attached hydrogens (tertiary/aromatic N) is 4. The molecule has 2 amide bonds. The van der Waals surface area contributed by atoms with Crippen molar-refractivity contribution >= 4 is 11.8 Å². The number of carbonyl (C=O) groups excluding carboxylic acids is 2. The average molecular weight is 429 g/mol. The van der Waals surface area contributed by atoms with Crippen LogP contribution in [0.5, 0.6) is 5.75 Å². The Hall–Kier alpha value is -2.12. The summed E-state index contributed by atoms with van der Waals surface area (Å²) in [7, 11) is 0. The van der Waals surface area contributed by atoms with Crippen molar-refractivity contribution in [1.82, 2.24) is 19.6 Å². The van der Waals surface area contributed by atoms with Crippen LogP contribution in [-0.4, -0.2) is 103 Å². The van der Waals surface area contributed by atoms with Crippen LogP contribution in [-0.2, 0) is 9.59 Å². The van der Waals surface area contributed by atoms with E-state index in [-0.39, 0.29) is 18.4 Å². The van der Waals surface area contributed by atoms with Crippen LogP contribution in [0.25, 0.3) is 0 Å². The molecule has 0 N–H and O–H groups in total. The third-order valence-electron chi connectivity index (χ3n) is 7.25. The molecular weight excluding hydrogens is 392 g/mol. The molecule has 3 aliphatic rings. The molecule has 1 aliphatic carbocycles. The summed E-state index contributed by atoms with van der Waals surface area (Å²) in [6.07, 6.45) is 4.01. The molecule has 2 aliphatic heterocycles. The highest BCUT2D eigenvalue weighted by Gasteiger charge is 2.30. The van der Waals surface area contributed by atoms with Gasteiger partial charge in [-0.1, -0.05) is 18.6 Å². The topological polar surface area (TPSA) is 56.3 Å². The highest BCUT2D eigenvalue weighted by atomic mass is 16.5. The molecule has 0 spiro atoms. The second-order valence-corrected chi connectivity index (χ2v) is 9.15. The Labute approximate surface area is 185 Å². The zero-order valence-electron chi connectivity index (χ0n) is 19.0. The van der Waals surface area contributed by atoms with Gasteiger partial charge in [-0.3, -0.25) is 19.4 Å². The van der Waals surface area contributed by atoms with Crippen LogP contribution in [0.4, 0.5) is 0 Å². The highest BCUT2D eigenvalue weighted by Crippen LogP contribution is 2.25. The molecule has 7 nitrogen and oxygen atoms in total. The van der Waals surface area contributed by atoms with E-state index < -0.39 is 0 Å². The molecule has 4 rings (SSSR count). The highest BCUT2D eigenvalue weighted by molar-refractivity contribution is 5.79. The Morgan fingerprint density at radius 1 is 0.903 bits per heavy atom. The molecule has 170 valence electrons. The number of hydrogen-bond donors (Lipinski definition) is 0. The van der Waals surface area contributed by atoms with Gasteiger partial charge in [0.2, 0.25) is 5.91 Å². The van der Waals surface area contributed by atoms with Crippen molar-refractivity contribution in [2.24, 2.45) is 0 Å². The summed E-state index contributed by atoms with van der Waals surface area (Å²) >= 11 is 0. The number of amides is 2. The van der Waals surface area contributed by atoms with E-state index in [1.807, 2.05) is 41.8 Å². The van der Waals surface area contributed by atoms with Crippen molar-refractivity contribution in [2.45, 2.75) is 39.2 Å². The number of aryl methyl sites for hydroxylation is 1. The first-order valence-corrected chi connectivity index (χ1v) is 11.7. The van der Waals surface area contributed by atoms with Gasteiger partial charge in [0.25, 0.3) is 5.91 Å². The fourth-order valence-corrected chi connectivity index (χ4v) is 4.65. The molecule has 1 saturated carbocycles. The van der Waals surface area contributed by atoms with Crippen molar-refractivity contribution in [2.75, 3.05) is 65.5 Å². The zero-order valence-corrected chi connectivity index (χ0v) is 19.0. The molecule has 0 aromatic heterocycles. The Balaban J connectivity index is 1.16. The van der Waals surface area contributed by atoms with E-state index in [9.17, 15) is 9.59 Å². The Morgan fingerprint density at radius 2 is 1.55 bits per heavy atom. The second kappa shape index (κ2) is 10.0. The van der Waals surface area contributed by atoms with Gasteiger partial charge in [0.05, 0.1) is 6.54 Å². The first-order valence-electron chi connectivity index (χ1n) is 11.7. The summed E-state index contributed by atoms with van der Waals surface area (Å²) in [5.41, 5.74) is 2.24. The standard InChI is InChI=1S/C24H36N4O3/c1-19-5-3-8-22(20(19)2)31-18-24(30)28-11-9-25(10-12-28)17-23(29)27-15-13-26(14-16-27)21-6-4-7-21/h3,5,8,21H,4,6-7,9-18H2,1-2H3. The van der Waals surface area contributed by atoms with Crippen molar-refractivity contribution in [1.29, 1.82) is 0 Å². The number of benzene rings is 1. The number of hydrogen-bond acceptors (Lipinski definition) is 5.